The Labute approximate surface area is 253 Å². The summed E-state index contributed by atoms with van der Waals surface area (Å²) >= 11 is 0. The van der Waals surface area contributed by atoms with Gasteiger partial charge in [0.2, 0.25) is 11.8 Å². The Balaban J connectivity index is 1.50. The van der Waals surface area contributed by atoms with Crippen LogP contribution in [0.15, 0.2) is 48.7 Å². The average molecular weight is 608 g/mol. The molecule has 3 aromatic heterocycles. The average Bonchev–Trinajstić information content (AvgIpc) is 3.34. The molecule has 1 aromatic carbocycles. The van der Waals surface area contributed by atoms with Crippen molar-refractivity contribution in [3.63, 3.8) is 0 Å². The minimum Gasteiger partial charge on any atom is -0.475 e. The predicted octanol–water partition coefficient (Wildman–Crippen LogP) is 6.95. The van der Waals surface area contributed by atoms with Crippen molar-refractivity contribution in [2.45, 2.75) is 77.2 Å². The van der Waals surface area contributed by atoms with Crippen LogP contribution in [0, 0.1) is 11.8 Å². The number of nitrogens with zero attached hydrogens (tertiary/aromatic N) is 6. The monoisotopic (exact) mass is 607 g/mol. The zero-order chi connectivity index (χ0) is 31.0. The highest BCUT2D eigenvalue weighted by Gasteiger charge is 2.33. The van der Waals surface area contributed by atoms with Gasteiger partial charge in [0, 0.05) is 18.8 Å². The summed E-state index contributed by atoms with van der Waals surface area (Å²) in [4.78, 5) is 32.6. The molecule has 2 unspecified atom stereocenters. The van der Waals surface area contributed by atoms with Gasteiger partial charge < -0.3 is 19.9 Å². The number of hydrogen-bond donors (Lipinski definition) is 2. The number of carbonyl (C=O) groups is 1. The molecule has 0 spiro atoms. The first-order valence-electron chi connectivity index (χ1n) is 15.2. The van der Waals surface area contributed by atoms with E-state index < -0.39 is 17.7 Å². The maximum absolute atomic E-state index is 13.3. The predicted molar refractivity (Wildman–Crippen MR) is 161 cm³/mol. The minimum atomic E-state index is -4.44. The van der Waals surface area contributed by atoms with Crippen LogP contribution in [-0.4, -0.2) is 48.2 Å². The Morgan fingerprint density at radius 1 is 1.02 bits per heavy atom. The van der Waals surface area contributed by atoms with Crippen LogP contribution in [0.2, 0.25) is 0 Å². The normalized spacial score (nSPS) is 19.0. The summed E-state index contributed by atoms with van der Waals surface area (Å²) in [6, 6.07) is 10.8. The van der Waals surface area contributed by atoms with E-state index in [0.717, 1.165) is 49.9 Å². The molecule has 232 valence electrons. The standard InChI is InChI=1S/C32H36F3N7O2/c1-19(22-8-7-9-22)20(2)37-27-26-28(39-29(38-27)30(43)44)40-31(41-17-6-4-11-25(41)24-10-3-5-16-36-24)42(26)18-21-12-14-23(15-13-21)32(33,34)35/h3,5,10,12-16,19-20,22,25H,4,6-9,11,17-18H2,1-2H3,(H,43,44)(H,37,38,39)/t19?,20-,25?/m1/s1. The molecule has 1 aliphatic carbocycles. The largest absolute Gasteiger partial charge is 0.475 e. The molecule has 1 saturated carbocycles. The molecule has 12 heteroatoms. The lowest BCUT2D eigenvalue weighted by Gasteiger charge is -2.36. The first kappa shape index (κ1) is 29.8. The maximum Gasteiger partial charge on any atom is 0.416 e. The van der Waals surface area contributed by atoms with Gasteiger partial charge in [-0.05, 0) is 67.9 Å². The number of aromatic nitrogens is 5. The quantitative estimate of drug-likeness (QED) is 0.210. The number of hydrogen-bond acceptors (Lipinski definition) is 7. The molecular formula is C32H36F3N7O2. The Hall–Kier alpha value is -4.22. The van der Waals surface area contributed by atoms with E-state index in [1.54, 1.807) is 6.20 Å². The van der Waals surface area contributed by atoms with Crippen LogP contribution < -0.4 is 10.2 Å². The number of nitrogens with one attached hydrogen (secondary N) is 1. The van der Waals surface area contributed by atoms with Crippen molar-refractivity contribution in [2.75, 3.05) is 16.8 Å². The number of benzene rings is 1. The van der Waals surface area contributed by atoms with Gasteiger partial charge in [0.05, 0.1) is 23.8 Å². The number of carboxylic acids is 1. The molecule has 4 aromatic rings. The highest BCUT2D eigenvalue weighted by Crippen LogP contribution is 2.39. The number of fused-ring (bicyclic) bond motifs is 1. The molecule has 2 fully saturated rings. The van der Waals surface area contributed by atoms with Crippen LogP contribution in [0.3, 0.4) is 0 Å². The van der Waals surface area contributed by atoms with Gasteiger partial charge in [0.1, 0.15) is 5.52 Å². The molecule has 2 N–H and O–H groups in total. The smallest absolute Gasteiger partial charge is 0.416 e. The van der Waals surface area contributed by atoms with Crippen LogP contribution >= 0.6 is 0 Å². The van der Waals surface area contributed by atoms with Crippen LogP contribution in [0.4, 0.5) is 24.9 Å². The molecule has 44 heavy (non-hydrogen) atoms. The zero-order valence-electron chi connectivity index (χ0n) is 24.8. The third-order valence-corrected chi connectivity index (χ3v) is 9.23. The number of anilines is 2. The van der Waals surface area contributed by atoms with Crippen LogP contribution in [0.1, 0.15) is 85.9 Å². The molecular weight excluding hydrogens is 571 g/mol. The summed E-state index contributed by atoms with van der Waals surface area (Å²) in [5.74, 6) is 0.169. The first-order chi connectivity index (χ1) is 21.1. The maximum atomic E-state index is 13.3. The fourth-order valence-electron chi connectivity index (χ4n) is 6.34. The topological polar surface area (TPSA) is 109 Å². The van der Waals surface area contributed by atoms with E-state index in [1.807, 2.05) is 22.8 Å². The lowest BCUT2D eigenvalue weighted by atomic mass is 9.74. The number of rotatable bonds is 9. The van der Waals surface area contributed by atoms with Gasteiger partial charge in [0.15, 0.2) is 11.5 Å². The second-order valence-corrected chi connectivity index (χ2v) is 12.0. The Morgan fingerprint density at radius 3 is 2.43 bits per heavy atom. The highest BCUT2D eigenvalue weighted by atomic mass is 19.4. The molecule has 0 radical (unpaired) electrons. The van der Waals surface area contributed by atoms with Crippen molar-refractivity contribution >= 4 is 28.9 Å². The van der Waals surface area contributed by atoms with Crippen molar-refractivity contribution in [3.05, 3.63) is 71.3 Å². The Morgan fingerprint density at radius 2 is 1.80 bits per heavy atom. The molecule has 1 saturated heterocycles. The van der Waals surface area contributed by atoms with Gasteiger partial charge in [-0.1, -0.05) is 44.4 Å². The summed E-state index contributed by atoms with van der Waals surface area (Å²) in [7, 11) is 0. The second kappa shape index (κ2) is 12.0. The van der Waals surface area contributed by atoms with Crippen molar-refractivity contribution < 1.29 is 23.1 Å². The van der Waals surface area contributed by atoms with Crippen molar-refractivity contribution in [3.8, 4) is 0 Å². The van der Waals surface area contributed by atoms with Crippen molar-refractivity contribution in [2.24, 2.45) is 11.8 Å². The SMILES string of the molecule is CC(C1CCC1)[C@@H](C)Nc1nc(C(=O)O)nc2nc(N3CCCCC3c3ccccn3)n(Cc3ccc(C(F)(F)F)cc3)c12. The van der Waals surface area contributed by atoms with Gasteiger partial charge in [0.25, 0.3) is 0 Å². The zero-order valence-corrected chi connectivity index (χ0v) is 24.8. The number of halogens is 3. The fourth-order valence-corrected chi connectivity index (χ4v) is 6.34. The summed E-state index contributed by atoms with van der Waals surface area (Å²) in [6.45, 7) is 5.12. The van der Waals surface area contributed by atoms with Gasteiger partial charge in [-0.3, -0.25) is 4.98 Å². The number of pyridine rings is 1. The molecule has 1 aliphatic heterocycles. The van der Waals surface area contributed by atoms with Crippen LogP contribution in [0.25, 0.3) is 11.2 Å². The molecule has 4 heterocycles. The van der Waals surface area contributed by atoms with Crippen LogP contribution in [0.5, 0.6) is 0 Å². The van der Waals surface area contributed by atoms with Gasteiger partial charge >= 0.3 is 12.1 Å². The van der Waals surface area contributed by atoms with Gasteiger partial charge in [-0.2, -0.15) is 18.2 Å². The van der Waals surface area contributed by atoms with E-state index in [-0.39, 0.29) is 30.1 Å². The highest BCUT2D eigenvalue weighted by molar-refractivity contribution is 5.91. The summed E-state index contributed by atoms with van der Waals surface area (Å²) in [5.41, 5.74) is 1.53. The van der Waals surface area contributed by atoms with Gasteiger partial charge in [-0.25, -0.2) is 14.8 Å². The third kappa shape index (κ3) is 5.94. The molecule has 6 rings (SSSR count). The first-order valence-corrected chi connectivity index (χ1v) is 15.2. The molecule has 9 nitrogen and oxygen atoms in total. The van der Waals surface area contributed by atoms with E-state index in [2.05, 4.69) is 39.0 Å². The fraction of sp³-hybridized carbons (Fsp3) is 0.469. The van der Waals surface area contributed by atoms with Crippen molar-refractivity contribution in [1.29, 1.82) is 0 Å². The summed E-state index contributed by atoms with van der Waals surface area (Å²) < 4.78 is 41.9. The molecule has 0 bridgehead atoms. The van der Waals surface area contributed by atoms with Gasteiger partial charge in [-0.15, -0.1) is 0 Å². The third-order valence-electron chi connectivity index (χ3n) is 9.23. The summed E-state index contributed by atoms with van der Waals surface area (Å²) in [6.07, 6.45) is 3.60. The Kier molecular flexibility index (Phi) is 8.17. The van der Waals surface area contributed by atoms with E-state index in [9.17, 15) is 23.1 Å². The lowest BCUT2D eigenvalue weighted by Crippen LogP contribution is -2.36. The molecule has 3 atom stereocenters. The van der Waals surface area contributed by atoms with E-state index >= 15 is 0 Å². The molecule has 2 aliphatic rings. The van der Waals surface area contributed by atoms with E-state index in [0.29, 0.717) is 41.2 Å². The summed E-state index contributed by atoms with van der Waals surface area (Å²) in [5, 5.41) is 13.4. The minimum absolute atomic E-state index is 0.0193. The Bertz CT molecular complexity index is 1620. The number of piperidine rings is 1. The van der Waals surface area contributed by atoms with Crippen LogP contribution in [-0.2, 0) is 12.7 Å². The number of imidazole rings is 1. The number of carboxylic acid groups (broad SMARTS) is 1. The number of aromatic carboxylic acids is 1. The van der Waals surface area contributed by atoms with Crippen molar-refractivity contribution in [1.82, 2.24) is 24.5 Å². The number of alkyl halides is 3. The lowest BCUT2D eigenvalue weighted by molar-refractivity contribution is -0.137. The second-order valence-electron chi connectivity index (χ2n) is 12.0. The van der Waals surface area contributed by atoms with E-state index in [1.165, 1.54) is 18.6 Å². The molecule has 0 amide bonds. The van der Waals surface area contributed by atoms with E-state index in [4.69, 9.17) is 4.98 Å².